The number of H-pyrrole nitrogens is 1. The minimum absolute atomic E-state index is 0.151. The summed E-state index contributed by atoms with van der Waals surface area (Å²) in [5, 5.41) is 13.9. The first-order valence-electron chi connectivity index (χ1n) is 10.5. The minimum atomic E-state index is -0.151. The Labute approximate surface area is 186 Å². The van der Waals surface area contributed by atoms with Crippen molar-refractivity contribution in [2.75, 3.05) is 26.1 Å². The molecule has 8 heteroatoms. The van der Waals surface area contributed by atoms with E-state index in [4.69, 9.17) is 14.6 Å². The zero-order chi connectivity index (χ0) is 22.3. The number of anilines is 1. The molecular weight excluding hydrogens is 406 g/mol. The van der Waals surface area contributed by atoms with E-state index in [1.165, 1.54) is 5.56 Å². The largest absolute Gasteiger partial charge is 0.495 e. The van der Waals surface area contributed by atoms with Gasteiger partial charge in [0.15, 0.2) is 0 Å². The summed E-state index contributed by atoms with van der Waals surface area (Å²) in [5.74, 6) is 1.14. The lowest BCUT2D eigenvalue weighted by molar-refractivity contribution is 0.288. The number of nitrogens with one attached hydrogen (secondary N) is 2. The minimum Gasteiger partial charge on any atom is -0.495 e. The molecule has 32 heavy (non-hydrogen) atoms. The first-order valence-corrected chi connectivity index (χ1v) is 10.5. The Balaban J connectivity index is 1.66. The van der Waals surface area contributed by atoms with E-state index in [9.17, 15) is 0 Å². The molecule has 0 spiro atoms. The molecule has 0 saturated heterocycles. The van der Waals surface area contributed by atoms with E-state index in [0.717, 1.165) is 40.7 Å². The van der Waals surface area contributed by atoms with Gasteiger partial charge in [-0.1, -0.05) is 6.07 Å². The fraction of sp³-hybridized carbons (Fsp3) is 0.292. The summed E-state index contributed by atoms with van der Waals surface area (Å²) >= 11 is 0. The SMILES string of the molecule is COc1cncc(NC(Cc2c[nH]c3ccc(CCCO)cc23)c2cnc(OC)cn2)c1. The third-order valence-corrected chi connectivity index (χ3v) is 5.38. The van der Waals surface area contributed by atoms with E-state index in [0.29, 0.717) is 18.1 Å². The van der Waals surface area contributed by atoms with Crippen molar-refractivity contribution in [2.45, 2.75) is 25.3 Å². The molecule has 0 bridgehead atoms. The van der Waals surface area contributed by atoms with Gasteiger partial charge in [0, 0.05) is 36.2 Å². The lowest BCUT2D eigenvalue weighted by atomic mass is 10.00. The van der Waals surface area contributed by atoms with Crippen LogP contribution in [0.3, 0.4) is 0 Å². The van der Waals surface area contributed by atoms with Crippen molar-refractivity contribution >= 4 is 16.6 Å². The number of ether oxygens (including phenoxy) is 2. The summed E-state index contributed by atoms with van der Waals surface area (Å²) < 4.78 is 10.5. The zero-order valence-electron chi connectivity index (χ0n) is 18.2. The molecule has 0 fully saturated rings. The van der Waals surface area contributed by atoms with Crippen LogP contribution in [0.1, 0.15) is 29.3 Å². The van der Waals surface area contributed by atoms with Crippen molar-refractivity contribution in [1.29, 1.82) is 0 Å². The standard InChI is InChI=1S/C24H27N5O3/c1-31-19-10-18(12-25-13-19)29-22(23-14-28-24(32-2)15-27-23)9-17-11-26-21-6-5-16(4-3-7-30)8-20(17)21/h5-6,8,10-15,22,26,29-30H,3-4,7,9H2,1-2H3. The van der Waals surface area contributed by atoms with Gasteiger partial charge in [-0.25, -0.2) is 4.98 Å². The van der Waals surface area contributed by atoms with Gasteiger partial charge in [0.2, 0.25) is 5.88 Å². The number of aliphatic hydroxyl groups excluding tert-OH is 1. The first kappa shape index (κ1) is 21.6. The maximum atomic E-state index is 9.17. The van der Waals surface area contributed by atoms with E-state index < -0.39 is 0 Å². The Morgan fingerprint density at radius 2 is 1.97 bits per heavy atom. The summed E-state index contributed by atoms with van der Waals surface area (Å²) in [6.45, 7) is 0.189. The quantitative estimate of drug-likeness (QED) is 0.350. The molecule has 0 aliphatic heterocycles. The first-order chi connectivity index (χ1) is 15.7. The highest BCUT2D eigenvalue weighted by Gasteiger charge is 2.18. The second-order valence-corrected chi connectivity index (χ2v) is 7.52. The van der Waals surface area contributed by atoms with E-state index in [1.807, 2.05) is 12.3 Å². The average molecular weight is 434 g/mol. The molecule has 3 aromatic heterocycles. The van der Waals surface area contributed by atoms with Crippen LogP contribution in [0.25, 0.3) is 10.9 Å². The molecule has 0 amide bonds. The fourth-order valence-electron chi connectivity index (χ4n) is 3.70. The number of aliphatic hydroxyl groups is 1. The predicted molar refractivity (Wildman–Crippen MR) is 123 cm³/mol. The zero-order valence-corrected chi connectivity index (χ0v) is 18.2. The van der Waals surface area contributed by atoms with Crippen LogP contribution in [0.4, 0.5) is 5.69 Å². The molecule has 0 aliphatic rings. The second kappa shape index (κ2) is 10.1. The van der Waals surface area contributed by atoms with Crippen LogP contribution in [0.2, 0.25) is 0 Å². The molecule has 1 atom stereocenters. The van der Waals surface area contributed by atoms with Crippen LogP contribution in [-0.2, 0) is 12.8 Å². The fourth-order valence-corrected chi connectivity index (χ4v) is 3.70. The highest BCUT2D eigenvalue weighted by atomic mass is 16.5. The van der Waals surface area contributed by atoms with Gasteiger partial charge in [-0.05, 0) is 36.1 Å². The lowest BCUT2D eigenvalue weighted by Crippen LogP contribution is -2.16. The van der Waals surface area contributed by atoms with Crippen molar-refractivity contribution in [1.82, 2.24) is 19.9 Å². The van der Waals surface area contributed by atoms with Crippen LogP contribution in [0.15, 0.2) is 55.2 Å². The van der Waals surface area contributed by atoms with Crippen LogP contribution in [0, 0.1) is 0 Å². The second-order valence-electron chi connectivity index (χ2n) is 7.52. The van der Waals surface area contributed by atoms with Crippen molar-refractivity contribution in [2.24, 2.45) is 0 Å². The molecule has 1 unspecified atom stereocenters. The van der Waals surface area contributed by atoms with Crippen molar-refractivity contribution in [3.05, 3.63) is 72.1 Å². The molecule has 4 aromatic rings. The number of aromatic amines is 1. The smallest absolute Gasteiger partial charge is 0.231 e. The van der Waals surface area contributed by atoms with Gasteiger partial charge in [-0.3, -0.25) is 9.97 Å². The molecule has 1 aromatic carbocycles. The van der Waals surface area contributed by atoms with Gasteiger partial charge in [0.1, 0.15) is 5.75 Å². The number of aryl methyl sites for hydroxylation is 1. The van der Waals surface area contributed by atoms with E-state index in [2.05, 4.69) is 43.5 Å². The Morgan fingerprint density at radius 1 is 1.06 bits per heavy atom. The number of benzene rings is 1. The van der Waals surface area contributed by atoms with Gasteiger partial charge in [-0.2, -0.15) is 0 Å². The number of nitrogens with zero attached hydrogens (tertiary/aromatic N) is 3. The number of aromatic nitrogens is 4. The highest BCUT2D eigenvalue weighted by Crippen LogP contribution is 2.28. The summed E-state index contributed by atoms with van der Waals surface area (Å²) in [6.07, 6.45) is 11.1. The molecule has 4 rings (SSSR count). The summed E-state index contributed by atoms with van der Waals surface area (Å²) in [7, 11) is 3.19. The molecule has 0 saturated carbocycles. The molecule has 8 nitrogen and oxygen atoms in total. The van der Waals surface area contributed by atoms with Crippen LogP contribution in [0.5, 0.6) is 11.6 Å². The Bertz CT molecular complexity index is 1160. The summed E-state index contributed by atoms with van der Waals surface area (Å²) in [5.41, 5.74) is 5.07. The van der Waals surface area contributed by atoms with Gasteiger partial charge < -0.3 is 24.9 Å². The van der Waals surface area contributed by atoms with Crippen molar-refractivity contribution in [3.63, 3.8) is 0 Å². The Hall–Kier alpha value is -3.65. The molecule has 166 valence electrons. The predicted octanol–water partition coefficient (Wildman–Crippen LogP) is 3.69. The monoisotopic (exact) mass is 433 g/mol. The maximum Gasteiger partial charge on any atom is 0.231 e. The number of methoxy groups -OCH3 is 2. The van der Waals surface area contributed by atoms with Gasteiger partial charge >= 0.3 is 0 Å². The Kier molecular flexibility index (Phi) is 6.81. The van der Waals surface area contributed by atoms with Crippen LogP contribution >= 0.6 is 0 Å². The molecular formula is C24H27N5O3. The lowest BCUT2D eigenvalue weighted by Gasteiger charge is -2.19. The van der Waals surface area contributed by atoms with Gasteiger partial charge in [0.05, 0.1) is 56.4 Å². The highest BCUT2D eigenvalue weighted by molar-refractivity contribution is 5.84. The topological polar surface area (TPSA) is 105 Å². The number of rotatable bonds is 10. The van der Waals surface area contributed by atoms with Gasteiger partial charge in [-0.15, -0.1) is 0 Å². The van der Waals surface area contributed by atoms with E-state index in [1.54, 1.807) is 39.0 Å². The third kappa shape index (κ3) is 4.97. The molecule has 0 aliphatic carbocycles. The normalized spacial score (nSPS) is 12.0. The van der Waals surface area contributed by atoms with E-state index >= 15 is 0 Å². The average Bonchev–Trinajstić information content (AvgIpc) is 3.24. The van der Waals surface area contributed by atoms with Crippen molar-refractivity contribution in [3.8, 4) is 11.6 Å². The number of fused-ring (bicyclic) bond motifs is 1. The van der Waals surface area contributed by atoms with Gasteiger partial charge in [0.25, 0.3) is 0 Å². The molecule has 3 heterocycles. The number of hydrogen-bond donors (Lipinski definition) is 3. The Morgan fingerprint density at radius 3 is 2.72 bits per heavy atom. The summed E-state index contributed by atoms with van der Waals surface area (Å²) in [4.78, 5) is 16.5. The van der Waals surface area contributed by atoms with Crippen molar-refractivity contribution < 1.29 is 14.6 Å². The van der Waals surface area contributed by atoms with Crippen LogP contribution in [-0.4, -0.2) is 45.9 Å². The molecule has 0 radical (unpaired) electrons. The number of hydrogen-bond acceptors (Lipinski definition) is 7. The number of pyridine rings is 1. The van der Waals surface area contributed by atoms with Crippen LogP contribution < -0.4 is 14.8 Å². The summed E-state index contributed by atoms with van der Waals surface area (Å²) in [6, 6.07) is 8.14. The maximum absolute atomic E-state index is 9.17. The third-order valence-electron chi connectivity index (χ3n) is 5.38. The van der Waals surface area contributed by atoms with E-state index in [-0.39, 0.29) is 12.6 Å². The molecule has 3 N–H and O–H groups in total.